The zero-order valence-electron chi connectivity index (χ0n) is 14.8. The van der Waals surface area contributed by atoms with Gasteiger partial charge >= 0.3 is 0 Å². The van der Waals surface area contributed by atoms with Crippen molar-refractivity contribution in [3.63, 3.8) is 0 Å². The summed E-state index contributed by atoms with van der Waals surface area (Å²) >= 11 is 0. The monoisotopic (exact) mass is 339 g/mol. The van der Waals surface area contributed by atoms with Crippen LogP contribution in [0.25, 0.3) is 11.6 Å². The minimum absolute atomic E-state index is 0.269. The van der Waals surface area contributed by atoms with E-state index in [9.17, 15) is 5.11 Å². The Bertz CT molecular complexity index is 990. The molecular weight excluding hydrogens is 318 g/mol. The molecular formula is C24H21NO. The molecule has 1 atom stereocenters. The van der Waals surface area contributed by atoms with Gasteiger partial charge < -0.3 is 10.0 Å². The highest BCUT2D eigenvalue weighted by molar-refractivity contribution is 5.93. The first-order valence-corrected chi connectivity index (χ1v) is 8.70. The number of fused-ring (bicyclic) bond motifs is 1. The van der Waals surface area contributed by atoms with Crippen molar-refractivity contribution in [2.45, 2.75) is 5.54 Å². The van der Waals surface area contributed by atoms with Crippen LogP contribution in [0.5, 0.6) is 5.75 Å². The van der Waals surface area contributed by atoms with Crippen molar-refractivity contribution in [1.82, 2.24) is 0 Å². The molecule has 0 saturated carbocycles. The largest absolute Gasteiger partial charge is 0.508 e. The van der Waals surface area contributed by atoms with Crippen LogP contribution in [-0.2, 0) is 5.54 Å². The van der Waals surface area contributed by atoms with E-state index in [1.54, 1.807) is 6.07 Å². The summed E-state index contributed by atoms with van der Waals surface area (Å²) in [7, 11) is 2.05. The molecule has 0 spiro atoms. The lowest BCUT2D eigenvalue weighted by Crippen LogP contribution is -2.39. The van der Waals surface area contributed by atoms with Gasteiger partial charge in [-0.25, -0.2) is 0 Å². The maximum atomic E-state index is 10.6. The van der Waals surface area contributed by atoms with Crippen molar-refractivity contribution in [3.8, 4) is 5.75 Å². The molecule has 1 heterocycles. The average molecular weight is 339 g/mol. The van der Waals surface area contributed by atoms with Crippen molar-refractivity contribution in [3.05, 3.63) is 108 Å². The molecule has 0 fully saturated rings. The topological polar surface area (TPSA) is 23.5 Å². The van der Waals surface area contributed by atoms with Crippen LogP contribution in [-0.4, -0.2) is 12.2 Å². The number of aromatic hydroxyl groups is 1. The minimum Gasteiger partial charge on any atom is -0.508 e. The molecule has 0 amide bonds. The molecule has 128 valence electrons. The molecule has 26 heavy (non-hydrogen) atoms. The fourth-order valence-corrected chi connectivity index (χ4v) is 3.84. The van der Waals surface area contributed by atoms with Gasteiger partial charge in [0, 0.05) is 23.9 Å². The maximum absolute atomic E-state index is 10.6. The van der Waals surface area contributed by atoms with Crippen molar-refractivity contribution >= 4 is 17.3 Å². The van der Waals surface area contributed by atoms with Crippen molar-refractivity contribution in [2.75, 3.05) is 11.9 Å². The number of hydrogen-bond acceptors (Lipinski definition) is 2. The van der Waals surface area contributed by atoms with E-state index >= 15 is 0 Å². The fraction of sp³-hybridized carbons (Fsp3) is 0.0833. The molecule has 0 unspecified atom stereocenters. The van der Waals surface area contributed by atoms with Crippen LogP contribution < -0.4 is 4.90 Å². The van der Waals surface area contributed by atoms with Gasteiger partial charge in [-0.05, 0) is 29.3 Å². The highest BCUT2D eigenvalue weighted by Gasteiger charge is 2.45. The molecule has 2 heteroatoms. The summed E-state index contributed by atoms with van der Waals surface area (Å²) in [6.45, 7) is 4.43. The number of rotatable bonds is 3. The maximum Gasteiger partial charge on any atom is 0.121 e. The van der Waals surface area contributed by atoms with Gasteiger partial charge in [0.15, 0.2) is 0 Å². The van der Waals surface area contributed by atoms with Gasteiger partial charge in [-0.2, -0.15) is 0 Å². The lowest BCUT2D eigenvalue weighted by atomic mass is 9.81. The van der Waals surface area contributed by atoms with Crippen LogP contribution in [0.15, 0.2) is 91.5 Å². The number of likely N-dealkylation sites (N-methyl/N-ethyl adjacent to an activating group) is 1. The van der Waals surface area contributed by atoms with Gasteiger partial charge in [0.2, 0.25) is 0 Å². The summed E-state index contributed by atoms with van der Waals surface area (Å²) in [6, 6.07) is 25.9. The van der Waals surface area contributed by atoms with E-state index in [0.717, 1.165) is 28.0 Å². The first-order valence-electron chi connectivity index (χ1n) is 8.70. The van der Waals surface area contributed by atoms with Crippen LogP contribution in [0.3, 0.4) is 0 Å². The zero-order chi connectivity index (χ0) is 18.1. The number of hydrogen-bond donors (Lipinski definition) is 1. The Morgan fingerprint density at radius 2 is 1.54 bits per heavy atom. The Morgan fingerprint density at radius 1 is 0.885 bits per heavy atom. The molecule has 1 aliphatic heterocycles. The molecule has 0 aromatic heterocycles. The van der Waals surface area contributed by atoms with Crippen LogP contribution in [0.4, 0.5) is 5.69 Å². The molecule has 0 bridgehead atoms. The molecule has 4 rings (SSSR count). The molecule has 3 aromatic rings. The summed E-state index contributed by atoms with van der Waals surface area (Å²) in [5.74, 6) is 0.269. The first-order chi connectivity index (χ1) is 12.6. The molecule has 0 aliphatic carbocycles. The SMILES string of the molecule is C=C1c2ccccc2N(C)[C@]1(/C=C/c1ccccc1)c1ccccc1O. The van der Waals surface area contributed by atoms with E-state index in [2.05, 4.69) is 54.9 Å². The molecule has 0 saturated heterocycles. The summed E-state index contributed by atoms with van der Waals surface area (Å²) in [4.78, 5) is 2.19. The predicted molar refractivity (Wildman–Crippen MR) is 109 cm³/mol. The molecule has 3 aromatic carbocycles. The van der Waals surface area contributed by atoms with Gasteiger partial charge in [0.25, 0.3) is 0 Å². The van der Waals surface area contributed by atoms with E-state index in [4.69, 9.17) is 0 Å². The van der Waals surface area contributed by atoms with E-state index in [1.807, 2.05) is 48.5 Å². The fourth-order valence-electron chi connectivity index (χ4n) is 3.84. The number of benzene rings is 3. The van der Waals surface area contributed by atoms with Crippen LogP contribution in [0.1, 0.15) is 16.7 Å². The Kier molecular flexibility index (Phi) is 3.89. The zero-order valence-corrected chi connectivity index (χ0v) is 14.8. The normalized spacial score (nSPS) is 19.1. The second-order valence-electron chi connectivity index (χ2n) is 6.58. The van der Waals surface area contributed by atoms with Crippen LogP contribution in [0, 0.1) is 0 Å². The van der Waals surface area contributed by atoms with Crippen molar-refractivity contribution < 1.29 is 5.11 Å². The van der Waals surface area contributed by atoms with Gasteiger partial charge in [0.1, 0.15) is 11.3 Å². The molecule has 0 radical (unpaired) electrons. The van der Waals surface area contributed by atoms with Gasteiger partial charge in [-0.1, -0.05) is 79.4 Å². The van der Waals surface area contributed by atoms with E-state index in [0.29, 0.717) is 0 Å². The van der Waals surface area contributed by atoms with E-state index < -0.39 is 5.54 Å². The second-order valence-corrected chi connectivity index (χ2v) is 6.58. The van der Waals surface area contributed by atoms with Crippen LogP contribution in [0.2, 0.25) is 0 Å². The summed E-state index contributed by atoms with van der Waals surface area (Å²) < 4.78 is 0. The third-order valence-corrected chi connectivity index (χ3v) is 5.21. The highest BCUT2D eigenvalue weighted by atomic mass is 16.3. The number of anilines is 1. The lowest BCUT2D eigenvalue weighted by Gasteiger charge is -2.37. The number of nitrogens with zero attached hydrogens (tertiary/aromatic N) is 1. The Hall–Kier alpha value is -3.26. The summed E-state index contributed by atoms with van der Waals surface area (Å²) in [6.07, 6.45) is 4.24. The summed E-state index contributed by atoms with van der Waals surface area (Å²) in [5, 5.41) is 10.6. The van der Waals surface area contributed by atoms with Gasteiger partial charge in [-0.3, -0.25) is 0 Å². The van der Waals surface area contributed by atoms with Crippen LogP contribution >= 0.6 is 0 Å². The number of para-hydroxylation sites is 2. The lowest BCUT2D eigenvalue weighted by molar-refractivity contribution is 0.459. The Morgan fingerprint density at radius 3 is 2.27 bits per heavy atom. The number of phenols is 1. The third kappa shape index (κ3) is 2.34. The Labute approximate surface area is 154 Å². The van der Waals surface area contributed by atoms with Crippen molar-refractivity contribution in [1.29, 1.82) is 0 Å². The van der Waals surface area contributed by atoms with Gasteiger partial charge in [-0.15, -0.1) is 0 Å². The number of phenolic OH excluding ortho intramolecular Hbond substituents is 1. The highest BCUT2D eigenvalue weighted by Crippen LogP contribution is 2.53. The molecule has 1 aliphatic rings. The first kappa shape index (κ1) is 16.2. The smallest absolute Gasteiger partial charge is 0.121 e. The van der Waals surface area contributed by atoms with Crippen molar-refractivity contribution in [2.24, 2.45) is 0 Å². The second kappa shape index (κ2) is 6.23. The van der Waals surface area contributed by atoms with E-state index in [1.165, 1.54) is 0 Å². The molecule has 1 N–H and O–H groups in total. The average Bonchev–Trinajstić information content (AvgIpc) is 2.90. The standard InChI is InChI=1S/C24H21NO/c1-18-20-12-6-8-14-22(20)25(2)24(18,21-13-7-9-15-23(21)26)17-16-19-10-4-3-5-11-19/h3-17,26H,1H2,2H3/b17-16+/t24-/m0/s1. The summed E-state index contributed by atoms with van der Waals surface area (Å²) in [5.41, 5.74) is 4.49. The van der Waals surface area contributed by atoms with E-state index in [-0.39, 0.29) is 5.75 Å². The Balaban J connectivity index is 1.94. The quantitative estimate of drug-likeness (QED) is 0.684. The molecule has 2 nitrogen and oxygen atoms in total. The predicted octanol–water partition coefficient (Wildman–Crippen LogP) is 5.46. The third-order valence-electron chi connectivity index (χ3n) is 5.21. The minimum atomic E-state index is -0.634. The van der Waals surface area contributed by atoms with Gasteiger partial charge in [0.05, 0.1) is 0 Å².